The minimum absolute atomic E-state index is 0.113. The Morgan fingerprint density at radius 3 is 1.25 bits per heavy atom. The second-order valence-corrected chi connectivity index (χ2v) is 27.5. The zero-order chi connectivity index (χ0) is 73.3. The number of carboxylic acid groups (broad SMARTS) is 1. The van der Waals surface area contributed by atoms with Gasteiger partial charge >= 0.3 is 24.2 Å². The largest absolute Gasteiger partial charge is 0.480 e. The zero-order valence-corrected chi connectivity index (χ0v) is 59.8. The molecule has 0 spiro atoms. The second-order valence-electron chi connectivity index (χ2n) is 27.5. The van der Waals surface area contributed by atoms with Crippen molar-refractivity contribution in [2.75, 3.05) is 47.5 Å². The number of carbonyl (C=O) groups is 6. The highest BCUT2D eigenvalue weighted by Gasteiger charge is 2.40. The van der Waals surface area contributed by atoms with Gasteiger partial charge < -0.3 is 79.2 Å². The first-order valence-electron chi connectivity index (χ1n) is 35.4. The summed E-state index contributed by atoms with van der Waals surface area (Å²) in [6.45, 7) is 14.2. The van der Waals surface area contributed by atoms with Crippen LogP contribution in [0.3, 0.4) is 0 Å². The van der Waals surface area contributed by atoms with Crippen LogP contribution in [-0.2, 0) is 28.6 Å². The number of nitrogens with zero attached hydrogens (tertiary/aromatic N) is 6. The fourth-order valence-corrected chi connectivity index (χ4v) is 13.7. The number of aromatic nitrogens is 8. The number of ether oxygens (including phenoxy) is 3. The molecule has 5 amide bonds. The quantitative estimate of drug-likeness (QED) is 0.0265. The predicted molar refractivity (Wildman–Crippen MR) is 391 cm³/mol. The molecule has 7 atom stereocenters. The summed E-state index contributed by atoms with van der Waals surface area (Å²) in [5, 5.41) is 25.2. The van der Waals surface area contributed by atoms with Crippen molar-refractivity contribution in [1.82, 2.24) is 76.3 Å². The molecule has 27 nitrogen and oxygen atoms in total. The smallest absolute Gasteiger partial charge is 0.407 e. The molecule has 10 aromatic rings. The normalized spacial score (nSPS) is 18.0. The number of benzene rings is 4. The van der Waals surface area contributed by atoms with Crippen molar-refractivity contribution in [2.24, 2.45) is 17.8 Å². The van der Waals surface area contributed by atoms with Crippen LogP contribution in [0, 0.1) is 24.2 Å². The van der Waals surface area contributed by atoms with Crippen molar-refractivity contribution in [3.63, 3.8) is 0 Å². The van der Waals surface area contributed by atoms with Crippen LogP contribution in [0.25, 0.3) is 89.6 Å². The molecule has 4 saturated heterocycles. The summed E-state index contributed by atoms with van der Waals surface area (Å²) < 4.78 is 26.2. The Labute approximate surface area is 601 Å². The molecule has 4 fully saturated rings. The number of imidazole rings is 4. The van der Waals surface area contributed by atoms with E-state index in [0.29, 0.717) is 30.8 Å². The molecule has 4 aliphatic rings. The number of hydrogen-bond donors (Lipinski definition) is 10. The van der Waals surface area contributed by atoms with Crippen molar-refractivity contribution in [2.45, 2.75) is 129 Å². The van der Waals surface area contributed by atoms with E-state index in [-0.39, 0.29) is 47.7 Å². The molecule has 0 aliphatic carbocycles. The number of likely N-dealkylation sites (tertiary alicyclic amines) is 2. The third kappa shape index (κ3) is 16.5. The number of carboxylic acids is 1. The molecule has 104 heavy (non-hydrogen) atoms. The number of rotatable bonds is 19. The number of aromatic amines is 4. The first-order valence-corrected chi connectivity index (χ1v) is 35.4. The van der Waals surface area contributed by atoms with Crippen LogP contribution in [0.15, 0.2) is 131 Å². The molecule has 544 valence electrons. The molecule has 27 heteroatoms. The van der Waals surface area contributed by atoms with Gasteiger partial charge in [-0.25, -0.2) is 39.1 Å². The summed E-state index contributed by atoms with van der Waals surface area (Å²) in [6, 6.07) is 30.7. The first-order chi connectivity index (χ1) is 50.2. The number of amides is 5. The van der Waals surface area contributed by atoms with Crippen molar-refractivity contribution in [1.29, 1.82) is 0 Å². The Kier molecular flexibility index (Phi) is 22.6. The fraction of sp³-hybridized carbons (Fsp3) is 0.390. The van der Waals surface area contributed by atoms with E-state index in [1.807, 2.05) is 88.6 Å². The minimum atomic E-state index is -1.06. The number of aliphatic carboxylic acids is 1. The van der Waals surface area contributed by atoms with Crippen LogP contribution < -0.4 is 26.6 Å². The summed E-state index contributed by atoms with van der Waals surface area (Å²) in [6.07, 6.45) is 14.2. The Hall–Kier alpha value is -11.2. The number of H-pyrrole nitrogens is 4. The molecule has 4 aliphatic heterocycles. The lowest BCUT2D eigenvalue weighted by molar-refractivity contribution is -0.140. The molecule has 0 saturated carbocycles. The Bertz CT molecular complexity index is 4630. The number of furan rings is 2. The fourth-order valence-electron chi connectivity index (χ4n) is 13.7. The molecule has 0 radical (unpaired) electrons. The van der Waals surface area contributed by atoms with Crippen molar-refractivity contribution >= 4 is 58.0 Å². The second kappa shape index (κ2) is 32.4. The van der Waals surface area contributed by atoms with Crippen LogP contribution in [0.4, 0.5) is 14.4 Å². The number of nitrogens with one attached hydrogen (secondary N) is 9. The maximum atomic E-state index is 13.6. The van der Waals surface area contributed by atoms with E-state index in [2.05, 4.69) is 126 Å². The van der Waals surface area contributed by atoms with Crippen molar-refractivity contribution < 1.29 is 56.9 Å². The van der Waals surface area contributed by atoms with E-state index in [9.17, 15) is 28.8 Å². The first kappa shape index (κ1) is 72.6. The molecule has 0 unspecified atom stereocenters. The van der Waals surface area contributed by atoms with Gasteiger partial charge in [-0.05, 0) is 122 Å². The zero-order valence-electron chi connectivity index (χ0n) is 59.8. The number of fused-ring (bicyclic) bond motifs is 2. The van der Waals surface area contributed by atoms with Crippen molar-refractivity contribution in [3.05, 3.63) is 152 Å². The van der Waals surface area contributed by atoms with Gasteiger partial charge in [0.25, 0.3) is 0 Å². The van der Waals surface area contributed by atoms with Crippen LogP contribution in [-0.4, -0.2) is 156 Å². The predicted octanol–water partition coefficient (Wildman–Crippen LogP) is 13.0. The van der Waals surface area contributed by atoms with Gasteiger partial charge in [0.15, 0.2) is 0 Å². The lowest BCUT2D eigenvalue weighted by Crippen LogP contribution is -2.51. The highest BCUT2D eigenvalue weighted by atomic mass is 16.5. The highest BCUT2D eigenvalue weighted by molar-refractivity contribution is 5.90. The van der Waals surface area contributed by atoms with E-state index in [1.54, 1.807) is 36.0 Å². The van der Waals surface area contributed by atoms with E-state index in [4.69, 9.17) is 23.4 Å². The van der Waals surface area contributed by atoms with Crippen molar-refractivity contribution in [3.8, 4) is 67.7 Å². The Morgan fingerprint density at radius 1 is 0.481 bits per heavy atom. The molecular formula is C77H90N15O12+. The third-order valence-corrected chi connectivity index (χ3v) is 19.5. The van der Waals surface area contributed by atoms with E-state index < -0.39 is 42.4 Å². The number of hydrogen-bond acceptors (Lipinski definition) is 17. The van der Waals surface area contributed by atoms with Gasteiger partial charge in [-0.15, -0.1) is 0 Å². The van der Waals surface area contributed by atoms with E-state index >= 15 is 0 Å². The van der Waals surface area contributed by atoms with Gasteiger partial charge in [0, 0.05) is 46.1 Å². The van der Waals surface area contributed by atoms with Crippen LogP contribution in [0.5, 0.6) is 0 Å². The SMILES string of the molecule is COC(=O)N[C@H](C(=O)N1CCC[C@H]1c1ncc(-c2ccc(-c3cc4cc(-c5cnc([C@@H]6CCCN6C(=O)[C@@H](NC(=O)OC)C(C)C)[nH]5)ccc4o3)cc2)[nH]1)C(C)C.COC(=O)N[C@H](C(=O)O)C(C)C.c1cc(-c2cc3cc(-c4cnc([C@@H]5CCCN5)[nH]4)ccc3o2)ccc1-c1cnc([C@@H]2C[CH+]CN2)[nH]1. The third-order valence-electron chi connectivity index (χ3n) is 19.5. The minimum Gasteiger partial charge on any atom is -0.480 e. The molecule has 6 aromatic heterocycles. The standard InChI is InChI=1S/C42H50N8O7.C28H27N6O.C7H13NO4/c1-23(2)35(47-41(53)55-5)39(51)49-17-7-9-31(49)37-43-21-29(45-37)25-11-13-26(14-12-25)34-20-28-19-27(15-16-33(28)57-34)30-22-44-38(46-30)32-10-8-18-50(32)40(52)36(24(3)4)48-42(54)56-6;1-3-21(29-11-1)27-31-15-23(33-27)17-5-7-18(8-6-17)26-14-20-13-19(9-10-25(20)35-26)24-16-32-28(34-24)22-4-2-12-30-22;1-4(2)5(6(9)10)8-7(11)12-3/h11-16,19-24,31-32,35-36H,7-10,17-18H2,1-6H3,(H,43,45)(H,44,46)(H,47,53)(H,48,54);1,5-10,13-16,21-22,29-30H,2-4,11-12H2,(H,31,33)(H,32,34);4-5H,1-3H3,(H,8,11)(H,9,10)/q;+1;/t31-,32-,35-,36-;21-,22-;5-/m000/s1. The summed E-state index contributed by atoms with van der Waals surface area (Å²) >= 11 is 0. The summed E-state index contributed by atoms with van der Waals surface area (Å²) in [7, 11) is 3.76. The molecule has 0 bridgehead atoms. The lowest BCUT2D eigenvalue weighted by atomic mass is 10.0. The van der Waals surface area contributed by atoms with E-state index in [1.165, 1.54) is 27.8 Å². The van der Waals surface area contributed by atoms with Gasteiger partial charge in [0.2, 0.25) is 11.8 Å². The highest BCUT2D eigenvalue weighted by Crippen LogP contribution is 2.39. The molecule has 10 N–H and O–H groups in total. The summed E-state index contributed by atoms with van der Waals surface area (Å²) in [5.74, 6) is 3.26. The van der Waals surface area contributed by atoms with Crippen LogP contribution >= 0.6 is 0 Å². The number of methoxy groups -OCH3 is 3. The van der Waals surface area contributed by atoms with Gasteiger partial charge in [0.05, 0.1) is 93.4 Å². The number of alkyl carbamates (subject to hydrolysis) is 3. The van der Waals surface area contributed by atoms with Gasteiger partial charge in [-0.1, -0.05) is 90.1 Å². The monoisotopic (exact) mass is 1420 g/mol. The van der Waals surface area contributed by atoms with Crippen LogP contribution in [0.1, 0.15) is 134 Å². The van der Waals surface area contributed by atoms with E-state index in [0.717, 1.165) is 153 Å². The molecule has 14 rings (SSSR count). The average molecular weight is 1420 g/mol. The average Bonchev–Trinajstić information content (AvgIpc) is 1.65. The number of carbonyl (C=O) groups excluding carboxylic acids is 5. The topological polar surface area (TPSA) is 358 Å². The Morgan fingerprint density at radius 2 is 0.865 bits per heavy atom. The summed E-state index contributed by atoms with van der Waals surface area (Å²) in [5.41, 5.74) is 11.4. The molecule has 4 aromatic carbocycles. The van der Waals surface area contributed by atoms with Gasteiger partial charge in [-0.2, -0.15) is 0 Å². The Balaban J connectivity index is 0.000000182. The summed E-state index contributed by atoms with van der Waals surface area (Å²) in [4.78, 5) is 108. The van der Waals surface area contributed by atoms with Gasteiger partial charge in [0.1, 0.15) is 83.1 Å². The molecule has 10 heterocycles. The lowest BCUT2D eigenvalue weighted by Gasteiger charge is -2.30. The van der Waals surface area contributed by atoms with Crippen LogP contribution in [0.2, 0.25) is 0 Å². The van der Waals surface area contributed by atoms with Gasteiger partial charge in [-0.3, -0.25) is 14.9 Å². The maximum absolute atomic E-state index is 13.6. The maximum Gasteiger partial charge on any atom is 0.407 e. The molecular weight excluding hydrogens is 1330 g/mol.